The molecule has 0 aliphatic heterocycles. The number of benzene rings is 1. The first-order valence-electron chi connectivity index (χ1n) is 6.33. The molecule has 0 radical (unpaired) electrons. The maximum absolute atomic E-state index is 5.93. The number of ether oxygens (including phenoxy) is 2. The van der Waals surface area contributed by atoms with Gasteiger partial charge in [-0.25, -0.2) is 0 Å². The largest absolute Gasteiger partial charge is 0.496 e. The fraction of sp³-hybridized carbons (Fsp3) is 0.357. The van der Waals surface area contributed by atoms with Gasteiger partial charge in [0.25, 0.3) is 0 Å². The Balaban J connectivity index is 2.46. The third-order valence-electron chi connectivity index (χ3n) is 2.62. The van der Waals surface area contributed by atoms with E-state index in [1.807, 2.05) is 32.0 Å². The zero-order valence-electron chi connectivity index (χ0n) is 11.7. The van der Waals surface area contributed by atoms with Crippen LogP contribution in [0.5, 0.6) is 11.8 Å². The molecule has 1 aromatic heterocycles. The molecule has 1 heterocycles. The second-order valence-electron chi connectivity index (χ2n) is 4.26. The standard InChI is InChI=1S/C14H16ClN3O2/c1-4-7-20-14-17-12(16-13(15)18-14)10-8-9(2)5-6-11(10)19-3/h5-6,8H,4,7H2,1-3H3. The molecule has 0 aliphatic rings. The first-order chi connectivity index (χ1) is 9.63. The van der Waals surface area contributed by atoms with Crippen LogP contribution in [0.1, 0.15) is 18.9 Å². The molecule has 0 bridgehead atoms. The van der Waals surface area contributed by atoms with Crippen LogP contribution in [-0.2, 0) is 0 Å². The molecular formula is C14H16ClN3O2. The van der Waals surface area contributed by atoms with E-state index in [-0.39, 0.29) is 11.3 Å². The van der Waals surface area contributed by atoms with Crippen LogP contribution in [0.3, 0.4) is 0 Å². The summed E-state index contributed by atoms with van der Waals surface area (Å²) in [5.41, 5.74) is 1.84. The normalized spacial score (nSPS) is 10.4. The molecule has 0 saturated heterocycles. The number of rotatable bonds is 5. The van der Waals surface area contributed by atoms with E-state index in [9.17, 15) is 0 Å². The smallest absolute Gasteiger partial charge is 0.321 e. The van der Waals surface area contributed by atoms with Gasteiger partial charge in [-0.3, -0.25) is 0 Å². The molecule has 0 N–H and O–H groups in total. The maximum atomic E-state index is 5.93. The van der Waals surface area contributed by atoms with Crippen molar-refractivity contribution in [2.75, 3.05) is 13.7 Å². The van der Waals surface area contributed by atoms with Crippen molar-refractivity contribution in [3.8, 4) is 23.1 Å². The summed E-state index contributed by atoms with van der Waals surface area (Å²) in [4.78, 5) is 12.4. The van der Waals surface area contributed by atoms with Crippen molar-refractivity contribution < 1.29 is 9.47 Å². The molecule has 2 aromatic rings. The van der Waals surface area contributed by atoms with Crippen molar-refractivity contribution in [2.45, 2.75) is 20.3 Å². The molecular weight excluding hydrogens is 278 g/mol. The first kappa shape index (κ1) is 14.5. The van der Waals surface area contributed by atoms with Gasteiger partial charge in [-0.1, -0.05) is 18.6 Å². The summed E-state index contributed by atoms with van der Waals surface area (Å²) in [6.45, 7) is 4.53. The Hall–Kier alpha value is -1.88. The average molecular weight is 294 g/mol. The van der Waals surface area contributed by atoms with Gasteiger partial charge >= 0.3 is 6.01 Å². The highest BCUT2D eigenvalue weighted by Gasteiger charge is 2.13. The Labute approximate surface area is 123 Å². The molecule has 20 heavy (non-hydrogen) atoms. The monoisotopic (exact) mass is 293 g/mol. The van der Waals surface area contributed by atoms with Gasteiger partial charge in [-0.05, 0) is 37.1 Å². The van der Waals surface area contributed by atoms with Crippen molar-refractivity contribution in [2.24, 2.45) is 0 Å². The molecule has 0 unspecified atom stereocenters. The third-order valence-corrected chi connectivity index (χ3v) is 2.79. The van der Waals surface area contributed by atoms with Crippen molar-refractivity contribution in [3.63, 3.8) is 0 Å². The fourth-order valence-corrected chi connectivity index (χ4v) is 1.86. The average Bonchev–Trinajstić information content (AvgIpc) is 2.44. The minimum Gasteiger partial charge on any atom is -0.496 e. The molecule has 0 spiro atoms. The highest BCUT2D eigenvalue weighted by Crippen LogP contribution is 2.29. The highest BCUT2D eigenvalue weighted by molar-refractivity contribution is 6.28. The van der Waals surface area contributed by atoms with Gasteiger partial charge in [0.05, 0.1) is 19.3 Å². The molecule has 1 aromatic carbocycles. The minimum atomic E-state index is 0.102. The second-order valence-corrected chi connectivity index (χ2v) is 4.60. The number of hydrogen-bond donors (Lipinski definition) is 0. The molecule has 106 valence electrons. The van der Waals surface area contributed by atoms with Gasteiger partial charge < -0.3 is 9.47 Å². The van der Waals surface area contributed by atoms with Crippen LogP contribution in [0.2, 0.25) is 5.28 Å². The highest BCUT2D eigenvalue weighted by atomic mass is 35.5. The molecule has 2 rings (SSSR count). The van der Waals surface area contributed by atoms with Crippen LogP contribution in [0.15, 0.2) is 18.2 Å². The molecule has 0 amide bonds. The lowest BCUT2D eigenvalue weighted by Gasteiger charge is -2.09. The van der Waals surface area contributed by atoms with E-state index >= 15 is 0 Å². The molecule has 6 heteroatoms. The molecule has 0 atom stereocenters. The van der Waals surface area contributed by atoms with Gasteiger partial charge in [0.15, 0.2) is 5.82 Å². The van der Waals surface area contributed by atoms with Gasteiger partial charge in [0.2, 0.25) is 5.28 Å². The van der Waals surface area contributed by atoms with E-state index in [0.717, 1.165) is 17.5 Å². The topological polar surface area (TPSA) is 57.1 Å². The Morgan fingerprint density at radius 3 is 2.70 bits per heavy atom. The van der Waals surface area contributed by atoms with E-state index in [1.165, 1.54) is 0 Å². The van der Waals surface area contributed by atoms with Gasteiger partial charge in [-0.2, -0.15) is 15.0 Å². The Bertz CT molecular complexity index is 605. The van der Waals surface area contributed by atoms with E-state index < -0.39 is 0 Å². The fourth-order valence-electron chi connectivity index (χ4n) is 1.71. The summed E-state index contributed by atoms with van der Waals surface area (Å²) in [5, 5.41) is 0.102. The third kappa shape index (κ3) is 3.36. The number of nitrogens with zero attached hydrogens (tertiary/aromatic N) is 3. The summed E-state index contributed by atoms with van der Waals surface area (Å²) in [6, 6.07) is 5.99. The molecule has 0 aliphatic carbocycles. The number of methoxy groups -OCH3 is 1. The molecule has 5 nitrogen and oxygen atoms in total. The number of aromatic nitrogens is 3. The van der Waals surface area contributed by atoms with E-state index in [0.29, 0.717) is 18.2 Å². The SMILES string of the molecule is CCCOc1nc(Cl)nc(-c2cc(C)ccc2OC)n1. The second kappa shape index (κ2) is 6.52. The first-order valence-corrected chi connectivity index (χ1v) is 6.71. The summed E-state index contributed by atoms with van der Waals surface area (Å²) < 4.78 is 10.7. The van der Waals surface area contributed by atoms with Gasteiger partial charge in [0, 0.05) is 0 Å². The van der Waals surface area contributed by atoms with Crippen LogP contribution in [0, 0.1) is 6.92 Å². The van der Waals surface area contributed by atoms with Crippen molar-refractivity contribution >= 4 is 11.6 Å². The Kier molecular flexibility index (Phi) is 4.74. The number of hydrogen-bond acceptors (Lipinski definition) is 5. The van der Waals surface area contributed by atoms with Crippen LogP contribution in [0.25, 0.3) is 11.4 Å². The summed E-state index contributed by atoms with van der Waals surface area (Å²) in [6.07, 6.45) is 0.867. The van der Waals surface area contributed by atoms with E-state index in [4.69, 9.17) is 21.1 Å². The van der Waals surface area contributed by atoms with Crippen LogP contribution >= 0.6 is 11.6 Å². The number of aryl methyl sites for hydroxylation is 1. The van der Waals surface area contributed by atoms with Crippen molar-refractivity contribution in [3.05, 3.63) is 29.0 Å². The lowest BCUT2D eigenvalue weighted by atomic mass is 10.1. The summed E-state index contributed by atoms with van der Waals surface area (Å²) in [7, 11) is 1.60. The van der Waals surface area contributed by atoms with E-state index in [1.54, 1.807) is 7.11 Å². The molecule has 0 fully saturated rings. The number of halogens is 1. The van der Waals surface area contributed by atoms with E-state index in [2.05, 4.69) is 15.0 Å². The summed E-state index contributed by atoms with van der Waals surface area (Å²) in [5.74, 6) is 1.12. The van der Waals surface area contributed by atoms with Crippen LogP contribution in [-0.4, -0.2) is 28.7 Å². The predicted molar refractivity (Wildman–Crippen MR) is 77.3 cm³/mol. The Morgan fingerprint density at radius 2 is 2.00 bits per heavy atom. The minimum absolute atomic E-state index is 0.102. The lowest BCUT2D eigenvalue weighted by Crippen LogP contribution is -2.03. The van der Waals surface area contributed by atoms with Crippen LogP contribution in [0.4, 0.5) is 0 Å². The zero-order valence-corrected chi connectivity index (χ0v) is 12.4. The quantitative estimate of drug-likeness (QED) is 0.846. The van der Waals surface area contributed by atoms with Crippen molar-refractivity contribution in [1.82, 2.24) is 15.0 Å². The zero-order chi connectivity index (χ0) is 14.5. The van der Waals surface area contributed by atoms with Gasteiger partial charge in [0.1, 0.15) is 5.75 Å². The van der Waals surface area contributed by atoms with Gasteiger partial charge in [-0.15, -0.1) is 0 Å². The Morgan fingerprint density at radius 1 is 1.20 bits per heavy atom. The maximum Gasteiger partial charge on any atom is 0.321 e. The summed E-state index contributed by atoms with van der Waals surface area (Å²) >= 11 is 5.93. The lowest BCUT2D eigenvalue weighted by molar-refractivity contribution is 0.291. The van der Waals surface area contributed by atoms with Crippen LogP contribution < -0.4 is 9.47 Å². The van der Waals surface area contributed by atoms with Crippen molar-refractivity contribution in [1.29, 1.82) is 0 Å². The predicted octanol–water partition coefficient (Wildman–Crippen LogP) is 3.30. The molecule has 0 saturated carbocycles.